The van der Waals surface area contributed by atoms with E-state index in [1.807, 2.05) is 11.8 Å². The van der Waals surface area contributed by atoms with Crippen LogP contribution >= 0.6 is 23.2 Å². The van der Waals surface area contributed by atoms with Gasteiger partial charge >= 0.3 is 0 Å². The molecule has 1 fully saturated rings. The first-order valence-electron chi connectivity index (χ1n) is 9.85. The minimum Gasteiger partial charge on any atom is -0.493 e. The molecule has 0 saturated carbocycles. The summed E-state index contributed by atoms with van der Waals surface area (Å²) in [6, 6.07) is 9.72. The maximum atomic E-state index is 12.8. The smallest absolute Gasteiger partial charge is 0.255 e. The SMILES string of the molecule is COc1ccc(NC(=O)C(C)N2CCN(C(=O)c3ccc(Cl)cc3Cl)CC2)cc1OC. The molecule has 0 radical (unpaired) electrons. The van der Waals surface area contributed by atoms with Crippen molar-refractivity contribution in [1.29, 1.82) is 0 Å². The number of hydrogen-bond acceptors (Lipinski definition) is 5. The van der Waals surface area contributed by atoms with Crippen molar-refractivity contribution in [3.8, 4) is 11.5 Å². The highest BCUT2D eigenvalue weighted by Crippen LogP contribution is 2.30. The second-order valence-electron chi connectivity index (χ2n) is 7.19. The van der Waals surface area contributed by atoms with Crippen LogP contribution in [0.15, 0.2) is 36.4 Å². The first-order chi connectivity index (χ1) is 14.8. The molecule has 9 heteroatoms. The van der Waals surface area contributed by atoms with Gasteiger partial charge in [0, 0.05) is 43.0 Å². The van der Waals surface area contributed by atoms with Gasteiger partial charge in [-0.05, 0) is 37.3 Å². The molecular weight excluding hydrogens is 441 g/mol. The van der Waals surface area contributed by atoms with Gasteiger partial charge in [0.1, 0.15) is 0 Å². The molecule has 1 aliphatic heterocycles. The third kappa shape index (κ3) is 5.42. The number of hydrogen-bond donors (Lipinski definition) is 1. The fourth-order valence-corrected chi connectivity index (χ4v) is 3.96. The number of ether oxygens (including phenoxy) is 2. The van der Waals surface area contributed by atoms with E-state index in [4.69, 9.17) is 32.7 Å². The number of anilines is 1. The van der Waals surface area contributed by atoms with Gasteiger partial charge in [0.25, 0.3) is 5.91 Å². The maximum Gasteiger partial charge on any atom is 0.255 e. The number of methoxy groups -OCH3 is 2. The Labute approximate surface area is 191 Å². The van der Waals surface area contributed by atoms with E-state index < -0.39 is 0 Å². The quantitative estimate of drug-likeness (QED) is 0.702. The first kappa shape index (κ1) is 23.2. The largest absolute Gasteiger partial charge is 0.493 e. The summed E-state index contributed by atoms with van der Waals surface area (Å²) in [5.74, 6) is 0.868. The number of nitrogens with one attached hydrogen (secondary N) is 1. The average molecular weight is 466 g/mol. The van der Waals surface area contributed by atoms with Crippen LogP contribution in [-0.4, -0.2) is 68.1 Å². The van der Waals surface area contributed by atoms with Crippen molar-refractivity contribution in [2.75, 3.05) is 45.7 Å². The number of carbonyl (C=O) groups is 2. The Bertz CT molecular complexity index is 962. The van der Waals surface area contributed by atoms with Crippen molar-refractivity contribution < 1.29 is 19.1 Å². The standard InChI is InChI=1S/C22H25Cl2N3O4/c1-14(21(28)25-16-5-7-19(30-2)20(13-16)31-3)26-8-10-27(11-9-26)22(29)17-6-4-15(23)12-18(17)24/h4-7,12-14H,8-11H2,1-3H3,(H,25,28). The number of rotatable bonds is 6. The molecule has 0 aliphatic carbocycles. The second-order valence-corrected chi connectivity index (χ2v) is 8.03. The lowest BCUT2D eigenvalue weighted by molar-refractivity contribution is -0.121. The predicted molar refractivity (Wildman–Crippen MR) is 122 cm³/mol. The van der Waals surface area contributed by atoms with Gasteiger partial charge in [-0.3, -0.25) is 14.5 Å². The number of benzene rings is 2. The van der Waals surface area contributed by atoms with E-state index in [9.17, 15) is 9.59 Å². The molecule has 0 aromatic heterocycles. The van der Waals surface area contributed by atoms with E-state index in [0.717, 1.165) is 0 Å². The van der Waals surface area contributed by atoms with Crippen molar-refractivity contribution in [3.05, 3.63) is 52.0 Å². The number of halogens is 2. The van der Waals surface area contributed by atoms with Crippen LogP contribution in [0, 0.1) is 0 Å². The first-order valence-corrected chi connectivity index (χ1v) is 10.6. The average Bonchev–Trinajstić information content (AvgIpc) is 2.78. The highest BCUT2D eigenvalue weighted by Gasteiger charge is 2.28. The molecule has 3 rings (SSSR count). The molecule has 1 saturated heterocycles. The minimum atomic E-state index is -0.357. The summed E-state index contributed by atoms with van der Waals surface area (Å²) in [7, 11) is 3.10. The van der Waals surface area contributed by atoms with Crippen LogP contribution in [0.5, 0.6) is 11.5 Å². The Balaban J connectivity index is 1.57. The fourth-order valence-electron chi connectivity index (χ4n) is 3.47. The molecule has 2 aromatic rings. The van der Waals surface area contributed by atoms with E-state index >= 15 is 0 Å². The fraction of sp³-hybridized carbons (Fsp3) is 0.364. The minimum absolute atomic E-state index is 0.132. The van der Waals surface area contributed by atoms with Crippen LogP contribution in [-0.2, 0) is 4.79 Å². The van der Waals surface area contributed by atoms with Crippen LogP contribution in [0.2, 0.25) is 10.0 Å². The summed E-state index contributed by atoms with van der Waals surface area (Å²) < 4.78 is 10.5. The van der Waals surface area contributed by atoms with E-state index in [1.165, 1.54) is 0 Å². The van der Waals surface area contributed by atoms with Gasteiger partial charge in [-0.15, -0.1) is 0 Å². The zero-order chi connectivity index (χ0) is 22.5. The topological polar surface area (TPSA) is 71.1 Å². The zero-order valence-electron chi connectivity index (χ0n) is 17.7. The second kappa shape index (κ2) is 10.2. The molecule has 1 unspecified atom stereocenters. The third-order valence-electron chi connectivity index (χ3n) is 5.34. The van der Waals surface area contributed by atoms with Crippen molar-refractivity contribution >= 4 is 40.7 Å². The van der Waals surface area contributed by atoms with Crippen molar-refractivity contribution in [3.63, 3.8) is 0 Å². The summed E-state index contributed by atoms with van der Waals surface area (Å²) >= 11 is 12.1. The summed E-state index contributed by atoms with van der Waals surface area (Å²) in [6.45, 7) is 4.02. The highest BCUT2D eigenvalue weighted by molar-refractivity contribution is 6.36. The normalized spacial score (nSPS) is 15.3. The molecule has 166 valence electrons. The number of nitrogens with zero attached hydrogens (tertiary/aromatic N) is 2. The molecule has 31 heavy (non-hydrogen) atoms. The molecule has 1 aliphatic rings. The highest BCUT2D eigenvalue weighted by atomic mass is 35.5. The zero-order valence-corrected chi connectivity index (χ0v) is 19.2. The molecule has 2 aromatic carbocycles. The Morgan fingerprint density at radius 3 is 2.26 bits per heavy atom. The van der Waals surface area contributed by atoms with Crippen molar-refractivity contribution in [2.45, 2.75) is 13.0 Å². The number of carbonyl (C=O) groups excluding carboxylic acids is 2. The van der Waals surface area contributed by atoms with Gasteiger partial charge in [-0.1, -0.05) is 23.2 Å². The lowest BCUT2D eigenvalue weighted by Crippen LogP contribution is -2.54. The molecule has 1 heterocycles. The summed E-state index contributed by atoms with van der Waals surface area (Å²) in [5.41, 5.74) is 1.06. The lowest BCUT2D eigenvalue weighted by atomic mass is 10.1. The van der Waals surface area contributed by atoms with Crippen LogP contribution in [0.25, 0.3) is 0 Å². The van der Waals surface area contributed by atoms with Gasteiger partial charge in [-0.25, -0.2) is 0 Å². The van der Waals surface area contributed by atoms with Gasteiger partial charge in [-0.2, -0.15) is 0 Å². The van der Waals surface area contributed by atoms with Gasteiger partial charge in [0.2, 0.25) is 5.91 Å². The predicted octanol–water partition coefficient (Wildman–Crippen LogP) is 3.80. The molecule has 0 bridgehead atoms. The maximum absolute atomic E-state index is 12.8. The van der Waals surface area contributed by atoms with E-state index in [2.05, 4.69) is 5.32 Å². The molecule has 1 N–H and O–H groups in total. The van der Waals surface area contributed by atoms with Crippen LogP contribution < -0.4 is 14.8 Å². The van der Waals surface area contributed by atoms with Crippen LogP contribution in [0.3, 0.4) is 0 Å². The third-order valence-corrected chi connectivity index (χ3v) is 5.89. The molecule has 2 amide bonds. The monoisotopic (exact) mass is 465 g/mol. The van der Waals surface area contributed by atoms with Crippen molar-refractivity contribution in [1.82, 2.24) is 9.80 Å². The molecule has 7 nitrogen and oxygen atoms in total. The molecule has 0 spiro atoms. The molecule has 1 atom stereocenters. The number of amides is 2. The van der Waals surface area contributed by atoms with E-state index in [-0.39, 0.29) is 17.9 Å². The Kier molecular flexibility index (Phi) is 7.64. The summed E-state index contributed by atoms with van der Waals surface area (Å²) in [6.07, 6.45) is 0. The number of piperazine rings is 1. The summed E-state index contributed by atoms with van der Waals surface area (Å²) in [4.78, 5) is 29.3. The van der Waals surface area contributed by atoms with Gasteiger partial charge in [0.15, 0.2) is 11.5 Å². The Morgan fingerprint density at radius 1 is 0.968 bits per heavy atom. The Hall–Kier alpha value is -2.48. The van der Waals surface area contributed by atoms with Crippen molar-refractivity contribution in [2.24, 2.45) is 0 Å². The van der Waals surface area contributed by atoms with Crippen LogP contribution in [0.1, 0.15) is 17.3 Å². The Morgan fingerprint density at radius 2 is 1.65 bits per heavy atom. The van der Waals surface area contributed by atoms with Gasteiger partial charge in [0.05, 0.1) is 30.8 Å². The summed E-state index contributed by atoms with van der Waals surface area (Å²) in [5, 5.41) is 3.73. The van der Waals surface area contributed by atoms with E-state index in [1.54, 1.807) is 55.5 Å². The van der Waals surface area contributed by atoms with Crippen LogP contribution in [0.4, 0.5) is 5.69 Å². The molecular formula is C22H25Cl2N3O4. The van der Waals surface area contributed by atoms with Gasteiger partial charge < -0.3 is 19.7 Å². The van der Waals surface area contributed by atoms with E-state index in [0.29, 0.717) is 59.0 Å². The lowest BCUT2D eigenvalue weighted by Gasteiger charge is -2.37.